The summed E-state index contributed by atoms with van der Waals surface area (Å²) >= 11 is 0. The second-order valence-electron chi connectivity index (χ2n) is 6.47. The van der Waals surface area contributed by atoms with Gasteiger partial charge in [0.2, 0.25) is 5.95 Å². The zero-order valence-electron chi connectivity index (χ0n) is 15.6. The molecule has 5 nitrogen and oxygen atoms in total. The van der Waals surface area contributed by atoms with Gasteiger partial charge >= 0.3 is 0 Å². The number of benzene rings is 3. The van der Waals surface area contributed by atoms with Crippen molar-refractivity contribution in [3.05, 3.63) is 102 Å². The molecule has 4 aromatic rings. The predicted molar refractivity (Wildman–Crippen MR) is 112 cm³/mol. The summed E-state index contributed by atoms with van der Waals surface area (Å²) in [6.45, 7) is 0. The fraction of sp³-hybridized carbons (Fsp3) is 0. The molecular weight excluding hydrogens is 386 g/mol. The quantitative estimate of drug-likeness (QED) is 0.468. The van der Waals surface area contributed by atoms with E-state index in [1.165, 1.54) is 36.4 Å². The number of nitrogens with zero attached hydrogens (tertiary/aromatic N) is 2. The summed E-state index contributed by atoms with van der Waals surface area (Å²) in [5.74, 6) is -0.688. The van der Waals surface area contributed by atoms with E-state index in [4.69, 9.17) is 0 Å². The van der Waals surface area contributed by atoms with Crippen LogP contribution < -0.4 is 10.6 Å². The molecule has 1 aromatic heterocycles. The minimum Gasteiger partial charge on any atom is -0.324 e. The Labute approximate surface area is 171 Å². The molecule has 0 saturated heterocycles. The molecule has 30 heavy (non-hydrogen) atoms. The molecule has 0 bridgehead atoms. The highest BCUT2D eigenvalue weighted by atomic mass is 19.1. The summed E-state index contributed by atoms with van der Waals surface area (Å²) in [5.41, 5.74) is 2.91. The minimum atomic E-state index is -0.373. The van der Waals surface area contributed by atoms with Crippen molar-refractivity contribution in [1.29, 1.82) is 0 Å². The van der Waals surface area contributed by atoms with Crippen LogP contribution in [0, 0.1) is 11.6 Å². The Balaban J connectivity index is 1.46. The molecule has 4 rings (SSSR count). The molecule has 3 aromatic carbocycles. The molecule has 0 aliphatic rings. The van der Waals surface area contributed by atoms with Crippen molar-refractivity contribution < 1.29 is 13.6 Å². The summed E-state index contributed by atoms with van der Waals surface area (Å²) in [7, 11) is 0. The molecule has 0 fully saturated rings. The Kier molecular flexibility index (Phi) is 5.43. The van der Waals surface area contributed by atoms with Crippen molar-refractivity contribution >= 4 is 23.2 Å². The first-order valence-corrected chi connectivity index (χ1v) is 9.09. The Hall–Kier alpha value is -4.13. The highest BCUT2D eigenvalue weighted by molar-refractivity contribution is 6.04. The molecule has 0 spiro atoms. The number of carbonyl (C=O) groups is 1. The fourth-order valence-electron chi connectivity index (χ4n) is 2.81. The summed E-state index contributed by atoms with van der Waals surface area (Å²) in [6, 6.07) is 18.5. The van der Waals surface area contributed by atoms with Crippen LogP contribution in [0.1, 0.15) is 10.4 Å². The van der Waals surface area contributed by atoms with Crippen LogP contribution >= 0.6 is 0 Å². The largest absolute Gasteiger partial charge is 0.324 e. The maximum Gasteiger partial charge on any atom is 0.255 e. The second-order valence-corrected chi connectivity index (χ2v) is 6.47. The van der Waals surface area contributed by atoms with Gasteiger partial charge in [-0.25, -0.2) is 18.7 Å². The normalized spacial score (nSPS) is 10.5. The van der Waals surface area contributed by atoms with E-state index in [1.54, 1.807) is 48.8 Å². The lowest BCUT2D eigenvalue weighted by Gasteiger charge is -2.09. The summed E-state index contributed by atoms with van der Waals surface area (Å²) in [4.78, 5) is 20.9. The first-order chi connectivity index (χ1) is 14.6. The van der Waals surface area contributed by atoms with Gasteiger partial charge in [0.05, 0.1) is 0 Å². The third kappa shape index (κ3) is 4.64. The van der Waals surface area contributed by atoms with Gasteiger partial charge in [0, 0.05) is 34.9 Å². The van der Waals surface area contributed by atoms with Crippen molar-refractivity contribution in [2.75, 3.05) is 10.6 Å². The van der Waals surface area contributed by atoms with Gasteiger partial charge in [-0.2, -0.15) is 0 Å². The van der Waals surface area contributed by atoms with Gasteiger partial charge in [-0.15, -0.1) is 0 Å². The lowest BCUT2D eigenvalue weighted by molar-refractivity contribution is 0.102. The van der Waals surface area contributed by atoms with Crippen molar-refractivity contribution in [1.82, 2.24) is 9.97 Å². The first kappa shape index (κ1) is 19.2. The van der Waals surface area contributed by atoms with Gasteiger partial charge in [0.25, 0.3) is 5.91 Å². The number of amides is 1. The van der Waals surface area contributed by atoms with Gasteiger partial charge in [-0.1, -0.05) is 18.2 Å². The molecule has 2 N–H and O–H groups in total. The van der Waals surface area contributed by atoms with E-state index in [9.17, 15) is 13.6 Å². The van der Waals surface area contributed by atoms with Crippen molar-refractivity contribution in [2.45, 2.75) is 0 Å². The van der Waals surface area contributed by atoms with Crippen LogP contribution in [0.2, 0.25) is 0 Å². The zero-order valence-corrected chi connectivity index (χ0v) is 15.6. The molecule has 1 amide bonds. The van der Waals surface area contributed by atoms with Gasteiger partial charge in [-0.3, -0.25) is 4.79 Å². The van der Waals surface area contributed by atoms with Crippen LogP contribution in [0.5, 0.6) is 0 Å². The fourth-order valence-corrected chi connectivity index (χ4v) is 2.81. The molecule has 1 heterocycles. The van der Waals surface area contributed by atoms with Crippen LogP contribution in [0.3, 0.4) is 0 Å². The third-order valence-corrected chi connectivity index (χ3v) is 4.29. The second kappa shape index (κ2) is 8.48. The lowest BCUT2D eigenvalue weighted by Crippen LogP contribution is -2.12. The number of aromatic nitrogens is 2. The van der Waals surface area contributed by atoms with Crippen molar-refractivity contribution in [3.63, 3.8) is 0 Å². The van der Waals surface area contributed by atoms with E-state index >= 15 is 0 Å². The number of hydrogen-bond acceptors (Lipinski definition) is 4. The van der Waals surface area contributed by atoms with E-state index in [1.807, 2.05) is 0 Å². The average Bonchev–Trinajstić information content (AvgIpc) is 2.76. The molecule has 148 valence electrons. The van der Waals surface area contributed by atoms with Gasteiger partial charge < -0.3 is 10.6 Å². The van der Waals surface area contributed by atoms with E-state index in [2.05, 4.69) is 20.6 Å². The highest BCUT2D eigenvalue weighted by Crippen LogP contribution is 2.21. The summed E-state index contributed by atoms with van der Waals surface area (Å²) in [5, 5.41) is 5.75. The lowest BCUT2D eigenvalue weighted by atomic mass is 10.1. The number of carbonyl (C=O) groups excluding carboxylic acids is 1. The molecule has 0 atom stereocenters. The Morgan fingerprint density at radius 2 is 1.47 bits per heavy atom. The van der Waals surface area contributed by atoms with Crippen LogP contribution in [-0.4, -0.2) is 15.9 Å². The standard InChI is InChI=1S/C23H16F2N4O/c24-18-7-9-20(10-8-18)28-22(30)16-4-2-6-21(12-16)29-23-26-13-17(14-27-23)15-3-1-5-19(25)11-15/h1-14H,(H,28,30)(H,26,27,29). The SMILES string of the molecule is O=C(Nc1ccc(F)cc1)c1cccc(Nc2ncc(-c3cccc(F)c3)cn2)c1. The highest BCUT2D eigenvalue weighted by Gasteiger charge is 2.08. The minimum absolute atomic E-state index is 0.326. The number of nitrogens with one attached hydrogen (secondary N) is 2. The Morgan fingerprint density at radius 1 is 0.733 bits per heavy atom. The van der Waals surface area contributed by atoms with Crippen molar-refractivity contribution in [2.24, 2.45) is 0 Å². The summed E-state index contributed by atoms with van der Waals surface area (Å²) < 4.78 is 26.4. The smallest absolute Gasteiger partial charge is 0.255 e. The third-order valence-electron chi connectivity index (χ3n) is 4.29. The zero-order chi connectivity index (χ0) is 20.9. The molecular formula is C23H16F2N4O. The molecule has 0 aliphatic heterocycles. The van der Waals surface area contributed by atoms with Crippen LogP contribution in [-0.2, 0) is 0 Å². The van der Waals surface area contributed by atoms with E-state index in [-0.39, 0.29) is 17.5 Å². The number of anilines is 3. The van der Waals surface area contributed by atoms with E-state index < -0.39 is 0 Å². The van der Waals surface area contributed by atoms with Crippen LogP contribution in [0.4, 0.5) is 26.1 Å². The van der Waals surface area contributed by atoms with E-state index in [0.29, 0.717) is 34.0 Å². The maximum absolute atomic E-state index is 13.4. The predicted octanol–water partition coefficient (Wildman–Crippen LogP) is 5.42. The molecule has 0 saturated carbocycles. The Bertz CT molecular complexity index is 1180. The molecule has 7 heteroatoms. The molecule has 0 radical (unpaired) electrons. The van der Waals surface area contributed by atoms with Gasteiger partial charge in [0.15, 0.2) is 0 Å². The average molecular weight is 402 g/mol. The topological polar surface area (TPSA) is 66.9 Å². The van der Waals surface area contributed by atoms with Gasteiger partial charge in [0.1, 0.15) is 11.6 Å². The number of rotatable bonds is 5. The number of hydrogen-bond donors (Lipinski definition) is 2. The Morgan fingerprint density at radius 3 is 2.20 bits per heavy atom. The van der Waals surface area contributed by atoms with Gasteiger partial charge in [-0.05, 0) is 60.2 Å². The van der Waals surface area contributed by atoms with Crippen LogP contribution in [0.15, 0.2) is 85.2 Å². The van der Waals surface area contributed by atoms with Crippen molar-refractivity contribution in [3.8, 4) is 11.1 Å². The summed E-state index contributed by atoms with van der Waals surface area (Å²) in [6.07, 6.45) is 3.18. The first-order valence-electron chi connectivity index (χ1n) is 9.09. The molecule has 0 aliphatic carbocycles. The number of halogens is 2. The monoisotopic (exact) mass is 402 g/mol. The van der Waals surface area contributed by atoms with E-state index in [0.717, 1.165) is 0 Å². The molecule has 0 unspecified atom stereocenters. The maximum atomic E-state index is 13.4. The van der Waals surface area contributed by atoms with Crippen LogP contribution in [0.25, 0.3) is 11.1 Å².